The van der Waals surface area contributed by atoms with Gasteiger partial charge in [0, 0.05) is 6.04 Å². The number of ether oxygens (including phenoxy) is 2. The molecule has 16 heavy (non-hydrogen) atoms. The molecule has 0 saturated heterocycles. The molecule has 2 N–H and O–H groups in total. The van der Waals surface area contributed by atoms with Crippen LogP contribution in [0.5, 0.6) is 11.5 Å². The van der Waals surface area contributed by atoms with Crippen LogP contribution in [-0.2, 0) is 6.42 Å². The third kappa shape index (κ3) is 2.68. The van der Waals surface area contributed by atoms with Crippen molar-refractivity contribution in [2.45, 2.75) is 26.3 Å². The Morgan fingerprint density at radius 1 is 1.38 bits per heavy atom. The molecule has 1 aromatic rings. The fourth-order valence-corrected chi connectivity index (χ4v) is 2.51. The van der Waals surface area contributed by atoms with Crippen molar-refractivity contribution in [2.24, 2.45) is 5.73 Å². The molecular weight excluding hydrogens is 270 g/mol. The van der Waals surface area contributed by atoms with Gasteiger partial charge in [-0.25, -0.2) is 0 Å². The van der Waals surface area contributed by atoms with E-state index in [2.05, 4.69) is 15.9 Å². The summed E-state index contributed by atoms with van der Waals surface area (Å²) >= 11 is 3.55. The molecule has 0 spiro atoms. The number of hydrogen-bond acceptors (Lipinski definition) is 3. The van der Waals surface area contributed by atoms with Crippen LogP contribution in [0.3, 0.4) is 0 Å². The van der Waals surface area contributed by atoms with Crippen molar-refractivity contribution in [2.75, 3.05) is 14.2 Å². The van der Waals surface area contributed by atoms with Gasteiger partial charge in [0.25, 0.3) is 0 Å². The van der Waals surface area contributed by atoms with Gasteiger partial charge in [-0.05, 0) is 53.4 Å². The summed E-state index contributed by atoms with van der Waals surface area (Å²) in [4.78, 5) is 0. The minimum absolute atomic E-state index is 0.119. The summed E-state index contributed by atoms with van der Waals surface area (Å²) in [5.74, 6) is 1.46. The van der Waals surface area contributed by atoms with Gasteiger partial charge in [-0.3, -0.25) is 0 Å². The molecule has 1 atom stereocenters. The highest BCUT2D eigenvalue weighted by Crippen LogP contribution is 2.39. The van der Waals surface area contributed by atoms with E-state index >= 15 is 0 Å². The lowest BCUT2D eigenvalue weighted by Gasteiger charge is -2.17. The van der Waals surface area contributed by atoms with Crippen molar-refractivity contribution in [1.29, 1.82) is 0 Å². The zero-order valence-electron chi connectivity index (χ0n) is 10.1. The number of hydrogen-bond donors (Lipinski definition) is 1. The molecule has 0 aliphatic carbocycles. The Morgan fingerprint density at radius 2 is 2.00 bits per heavy atom. The molecule has 0 aliphatic rings. The van der Waals surface area contributed by atoms with Crippen molar-refractivity contribution in [3.05, 3.63) is 21.7 Å². The minimum atomic E-state index is 0.119. The lowest BCUT2D eigenvalue weighted by atomic mass is 10.0. The maximum Gasteiger partial charge on any atom is 0.175 e. The van der Waals surface area contributed by atoms with Crippen LogP contribution in [0.1, 0.15) is 18.1 Å². The number of nitrogens with two attached hydrogens (primary N) is 1. The van der Waals surface area contributed by atoms with E-state index < -0.39 is 0 Å². The Bertz CT molecular complexity index is 378. The molecule has 0 radical (unpaired) electrons. The van der Waals surface area contributed by atoms with Gasteiger partial charge in [0.2, 0.25) is 0 Å². The van der Waals surface area contributed by atoms with Crippen LogP contribution >= 0.6 is 15.9 Å². The second-order valence-corrected chi connectivity index (χ2v) is 4.70. The first-order valence-corrected chi connectivity index (χ1v) is 5.96. The van der Waals surface area contributed by atoms with Gasteiger partial charge in [0.05, 0.1) is 18.7 Å². The summed E-state index contributed by atoms with van der Waals surface area (Å²) in [5.41, 5.74) is 8.16. The molecule has 0 aliphatic heterocycles. The number of methoxy groups -OCH3 is 2. The van der Waals surface area contributed by atoms with E-state index in [9.17, 15) is 0 Å². The highest BCUT2D eigenvalue weighted by molar-refractivity contribution is 9.10. The van der Waals surface area contributed by atoms with Crippen LogP contribution in [0.25, 0.3) is 0 Å². The van der Waals surface area contributed by atoms with E-state index in [4.69, 9.17) is 15.2 Å². The largest absolute Gasteiger partial charge is 0.493 e. The van der Waals surface area contributed by atoms with Gasteiger partial charge in [-0.15, -0.1) is 0 Å². The van der Waals surface area contributed by atoms with Crippen LogP contribution in [0.4, 0.5) is 0 Å². The fraction of sp³-hybridized carbons (Fsp3) is 0.500. The van der Waals surface area contributed by atoms with Crippen molar-refractivity contribution in [3.8, 4) is 11.5 Å². The van der Waals surface area contributed by atoms with E-state index in [0.29, 0.717) is 0 Å². The molecule has 1 aromatic carbocycles. The predicted octanol–water partition coefficient (Wildman–Crippen LogP) is 2.66. The molecule has 4 heteroatoms. The highest BCUT2D eigenvalue weighted by Gasteiger charge is 2.16. The van der Waals surface area contributed by atoms with Gasteiger partial charge in [0.1, 0.15) is 0 Å². The second kappa shape index (κ2) is 5.55. The first-order valence-electron chi connectivity index (χ1n) is 5.16. The zero-order valence-corrected chi connectivity index (χ0v) is 11.7. The Labute approximate surface area is 105 Å². The van der Waals surface area contributed by atoms with Gasteiger partial charge < -0.3 is 15.2 Å². The molecule has 1 unspecified atom stereocenters. The average Bonchev–Trinajstić information content (AvgIpc) is 2.23. The first-order chi connectivity index (χ1) is 7.51. The molecule has 90 valence electrons. The standard InChI is InChI=1S/C12H18BrNO2/c1-7-5-10(15-3)12(16-4)11(13)9(7)6-8(2)14/h5,8H,6,14H2,1-4H3. The van der Waals surface area contributed by atoms with Gasteiger partial charge in [0.15, 0.2) is 11.5 Å². The van der Waals surface area contributed by atoms with E-state index in [-0.39, 0.29) is 6.04 Å². The molecule has 0 amide bonds. The second-order valence-electron chi connectivity index (χ2n) is 3.90. The summed E-state index contributed by atoms with van der Waals surface area (Å²) in [6, 6.07) is 2.09. The molecule has 0 saturated carbocycles. The molecular formula is C12H18BrNO2. The number of rotatable bonds is 4. The SMILES string of the molecule is COc1cc(C)c(CC(C)N)c(Br)c1OC. The molecule has 1 rings (SSSR count). The zero-order chi connectivity index (χ0) is 12.3. The highest BCUT2D eigenvalue weighted by atomic mass is 79.9. The number of halogens is 1. The van der Waals surface area contributed by atoms with Gasteiger partial charge in [-0.1, -0.05) is 0 Å². The van der Waals surface area contributed by atoms with Crippen molar-refractivity contribution >= 4 is 15.9 Å². The van der Waals surface area contributed by atoms with Gasteiger partial charge >= 0.3 is 0 Å². The van der Waals surface area contributed by atoms with Crippen molar-refractivity contribution < 1.29 is 9.47 Å². The summed E-state index contributed by atoms with van der Waals surface area (Å²) in [5, 5.41) is 0. The van der Waals surface area contributed by atoms with E-state index in [1.54, 1.807) is 14.2 Å². The minimum Gasteiger partial charge on any atom is -0.493 e. The summed E-state index contributed by atoms with van der Waals surface area (Å²) < 4.78 is 11.5. The maximum atomic E-state index is 5.83. The summed E-state index contributed by atoms with van der Waals surface area (Å²) in [6.07, 6.45) is 0.812. The van der Waals surface area contributed by atoms with Crippen molar-refractivity contribution in [3.63, 3.8) is 0 Å². The molecule has 0 bridgehead atoms. The maximum absolute atomic E-state index is 5.83. The number of aryl methyl sites for hydroxylation is 1. The molecule has 0 aromatic heterocycles. The normalized spacial score (nSPS) is 12.4. The lowest BCUT2D eigenvalue weighted by molar-refractivity contribution is 0.352. The van der Waals surface area contributed by atoms with Crippen molar-refractivity contribution in [1.82, 2.24) is 0 Å². The first kappa shape index (κ1) is 13.3. The molecule has 3 nitrogen and oxygen atoms in total. The van der Waals surface area contributed by atoms with E-state index in [1.807, 2.05) is 19.9 Å². The lowest BCUT2D eigenvalue weighted by Crippen LogP contribution is -2.19. The monoisotopic (exact) mass is 287 g/mol. The Balaban J connectivity index is 3.29. The third-order valence-corrected chi connectivity index (χ3v) is 3.30. The van der Waals surface area contributed by atoms with Crippen LogP contribution in [-0.4, -0.2) is 20.3 Å². The van der Waals surface area contributed by atoms with E-state index in [1.165, 1.54) is 5.56 Å². The van der Waals surface area contributed by atoms with Crippen LogP contribution < -0.4 is 15.2 Å². The van der Waals surface area contributed by atoms with Crippen LogP contribution in [0.2, 0.25) is 0 Å². The Hall–Kier alpha value is -0.740. The summed E-state index contributed by atoms with van der Waals surface area (Å²) in [7, 11) is 3.27. The average molecular weight is 288 g/mol. The summed E-state index contributed by atoms with van der Waals surface area (Å²) in [6.45, 7) is 4.03. The molecule has 0 fully saturated rings. The van der Waals surface area contributed by atoms with Crippen LogP contribution in [0.15, 0.2) is 10.5 Å². The quantitative estimate of drug-likeness (QED) is 0.926. The van der Waals surface area contributed by atoms with Crippen LogP contribution in [0, 0.1) is 6.92 Å². The van der Waals surface area contributed by atoms with E-state index in [0.717, 1.165) is 28.0 Å². The smallest absolute Gasteiger partial charge is 0.175 e. The third-order valence-electron chi connectivity index (χ3n) is 2.46. The van der Waals surface area contributed by atoms with Gasteiger partial charge in [-0.2, -0.15) is 0 Å². The Morgan fingerprint density at radius 3 is 2.44 bits per heavy atom. The Kier molecular flexibility index (Phi) is 4.62. The predicted molar refractivity (Wildman–Crippen MR) is 69.3 cm³/mol. The number of benzene rings is 1. The molecule has 0 heterocycles. The fourth-order valence-electron chi connectivity index (χ4n) is 1.68. The topological polar surface area (TPSA) is 44.5 Å².